The van der Waals surface area contributed by atoms with Crippen LogP contribution in [0.1, 0.15) is 29.3 Å². The number of aryl methyl sites for hydroxylation is 1. The standard InChI is InChI=1S/C22H22F2N2O/c1-14-22(19-12-18(24)6-7-20(19)25-14)21(27)13-26-10-8-16(9-11-26)15-2-4-17(23)5-3-15/h2-8,12,21,25,27H,9-11,13H2,1H3/t21-/m1/s1. The van der Waals surface area contributed by atoms with Crippen molar-refractivity contribution in [2.75, 3.05) is 19.6 Å². The molecular weight excluding hydrogens is 346 g/mol. The van der Waals surface area contributed by atoms with Gasteiger partial charge in [0.1, 0.15) is 11.6 Å². The molecule has 0 unspecified atom stereocenters. The molecule has 0 aliphatic carbocycles. The fourth-order valence-electron chi connectivity index (χ4n) is 3.89. The number of nitrogens with zero attached hydrogens (tertiary/aromatic N) is 1. The Morgan fingerprint density at radius 2 is 1.85 bits per heavy atom. The maximum Gasteiger partial charge on any atom is 0.123 e. The zero-order valence-electron chi connectivity index (χ0n) is 15.2. The number of aromatic amines is 1. The summed E-state index contributed by atoms with van der Waals surface area (Å²) in [6.45, 7) is 3.92. The van der Waals surface area contributed by atoms with Crippen LogP contribution in [0.15, 0.2) is 48.5 Å². The van der Waals surface area contributed by atoms with Gasteiger partial charge in [-0.1, -0.05) is 18.2 Å². The van der Waals surface area contributed by atoms with Crippen molar-refractivity contribution in [1.29, 1.82) is 0 Å². The molecule has 0 saturated heterocycles. The summed E-state index contributed by atoms with van der Waals surface area (Å²) in [5, 5.41) is 11.5. The van der Waals surface area contributed by atoms with E-state index in [2.05, 4.69) is 16.0 Å². The van der Waals surface area contributed by atoms with Gasteiger partial charge in [0.05, 0.1) is 6.10 Å². The van der Waals surface area contributed by atoms with Crippen LogP contribution in [0.5, 0.6) is 0 Å². The molecule has 2 N–H and O–H groups in total. The van der Waals surface area contributed by atoms with Crippen LogP contribution in [0.3, 0.4) is 0 Å². The lowest BCUT2D eigenvalue weighted by Crippen LogP contribution is -2.32. The van der Waals surface area contributed by atoms with E-state index < -0.39 is 6.10 Å². The summed E-state index contributed by atoms with van der Waals surface area (Å²) in [6.07, 6.45) is 2.28. The van der Waals surface area contributed by atoms with E-state index in [1.54, 1.807) is 18.2 Å². The van der Waals surface area contributed by atoms with Crippen molar-refractivity contribution in [3.05, 3.63) is 77.0 Å². The molecular formula is C22H22F2N2O. The second-order valence-electron chi connectivity index (χ2n) is 7.12. The predicted octanol–water partition coefficient (Wildman–Crippen LogP) is 4.58. The molecule has 3 nitrogen and oxygen atoms in total. The first-order valence-corrected chi connectivity index (χ1v) is 9.14. The van der Waals surface area contributed by atoms with Gasteiger partial charge in [0, 0.05) is 41.8 Å². The van der Waals surface area contributed by atoms with E-state index in [0.29, 0.717) is 6.54 Å². The topological polar surface area (TPSA) is 39.3 Å². The Morgan fingerprint density at radius 1 is 1.11 bits per heavy atom. The third kappa shape index (κ3) is 3.66. The van der Waals surface area contributed by atoms with Gasteiger partial charge in [-0.3, -0.25) is 4.90 Å². The average molecular weight is 368 g/mol. The summed E-state index contributed by atoms with van der Waals surface area (Å²) >= 11 is 0. The lowest BCUT2D eigenvalue weighted by atomic mass is 9.98. The summed E-state index contributed by atoms with van der Waals surface area (Å²) < 4.78 is 26.7. The molecule has 0 amide bonds. The molecule has 0 bridgehead atoms. The summed E-state index contributed by atoms with van der Waals surface area (Å²) in [5.41, 5.74) is 4.70. The van der Waals surface area contributed by atoms with Crippen LogP contribution in [0.2, 0.25) is 0 Å². The lowest BCUT2D eigenvalue weighted by molar-refractivity contribution is 0.119. The summed E-state index contributed by atoms with van der Waals surface area (Å²) in [5.74, 6) is -0.537. The maximum absolute atomic E-state index is 13.6. The molecule has 2 aromatic carbocycles. The molecule has 0 saturated carbocycles. The predicted molar refractivity (Wildman–Crippen MR) is 103 cm³/mol. The Hall–Kier alpha value is -2.50. The van der Waals surface area contributed by atoms with Gasteiger partial charge in [-0.15, -0.1) is 0 Å². The van der Waals surface area contributed by atoms with E-state index in [1.165, 1.54) is 29.8 Å². The van der Waals surface area contributed by atoms with Crippen molar-refractivity contribution < 1.29 is 13.9 Å². The molecule has 140 valence electrons. The Kier molecular flexibility index (Phi) is 4.81. The highest BCUT2D eigenvalue weighted by Gasteiger charge is 2.21. The van der Waals surface area contributed by atoms with Crippen LogP contribution >= 0.6 is 0 Å². The number of benzene rings is 2. The summed E-state index contributed by atoms with van der Waals surface area (Å²) in [6, 6.07) is 11.1. The fourth-order valence-corrected chi connectivity index (χ4v) is 3.89. The molecule has 0 radical (unpaired) electrons. The SMILES string of the molecule is Cc1[nH]c2ccc(F)cc2c1[C@H](O)CN1CC=C(c2ccc(F)cc2)CC1. The molecule has 1 aromatic heterocycles. The summed E-state index contributed by atoms with van der Waals surface area (Å²) in [7, 11) is 0. The van der Waals surface area contributed by atoms with Gasteiger partial charge < -0.3 is 10.1 Å². The number of H-pyrrole nitrogens is 1. The van der Waals surface area contributed by atoms with Crippen molar-refractivity contribution in [3.8, 4) is 0 Å². The third-order valence-corrected chi connectivity index (χ3v) is 5.27. The maximum atomic E-state index is 13.6. The van der Waals surface area contributed by atoms with Crippen molar-refractivity contribution in [2.45, 2.75) is 19.4 Å². The average Bonchev–Trinajstić information content (AvgIpc) is 2.98. The molecule has 5 heteroatoms. The number of aliphatic hydroxyl groups excluding tert-OH is 1. The van der Waals surface area contributed by atoms with E-state index in [1.807, 2.05) is 6.92 Å². The van der Waals surface area contributed by atoms with Gasteiger partial charge in [0.25, 0.3) is 0 Å². The zero-order valence-corrected chi connectivity index (χ0v) is 15.2. The van der Waals surface area contributed by atoms with Crippen molar-refractivity contribution >= 4 is 16.5 Å². The number of hydrogen-bond donors (Lipinski definition) is 2. The van der Waals surface area contributed by atoms with Gasteiger partial charge in [-0.25, -0.2) is 8.78 Å². The molecule has 0 fully saturated rings. The smallest absolute Gasteiger partial charge is 0.123 e. The van der Waals surface area contributed by atoms with Gasteiger partial charge in [-0.2, -0.15) is 0 Å². The van der Waals surface area contributed by atoms with Crippen LogP contribution < -0.4 is 0 Å². The molecule has 27 heavy (non-hydrogen) atoms. The molecule has 2 heterocycles. The molecule has 1 aliphatic heterocycles. The highest BCUT2D eigenvalue weighted by molar-refractivity contribution is 5.85. The Labute approximate surface area is 156 Å². The number of fused-ring (bicyclic) bond motifs is 1. The highest BCUT2D eigenvalue weighted by Crippen LogP contribution is 2.30. The normalized spacial score (nSPS) is 16.5. The van der Waals surface area contributed by atoms with Crippen LogP contribution in [-0.4, -0.2) is 34.6 Å². The van der Waals surface area contributed by atoms with Crippen LogP contribution in [0.4, 0.5) is 8.78 Å². The second kappa shape index (κ2) is 7.25. The molecule has 0 spiro atoms. The van der Waals surface area contributed by atoms with E-state index >= 15 is 0 Å². The van der Waals surface area contributed by atoms with Gasteiger partial charge in [0.15, 0.2) is 0 Å². The minimum atomic E-state index is -0.693. The molecule has 4 rings (SSSR count). The highest BCUT2D eigenvalue weighted by atomic mass is 19.1. The number of β-amino-alcohol motifs (C(OH)–C–C–N with tert-alkyl or cyclic N) is 1. The lowest BCUT2D eigenvalue weighted by Gasteiger charge is -2.28. The summed E-state index contributed by atoms with van der Waals surface area (Å²) in [4.78, 5) is 5.39. The Bertz CT molecular complexity index is 991. The number of rotatable bonds is 4. The second-order valence-corrected chi connectivity index (χ2v) is 7.12. The fraction of sp³-hybridized carbons (Fsp3) is 0.273. The van der Waals surface area contributed by atoms with Crippen LogP contribution in [-0.2, 0) is 0 Å². The van der Waals surface area contributed by atoms with E-state index in [0.717, 1.165) is 47.2 Å². The van der Waals surface area contributed by atoms with Gasteiger partial charge in [0.2, 0.25) is 0 Å². The van der Waals surface area contributed by atoms with Crippen LogP contribution in [0.25, 0.3) is 16.5 Å². The van der Waals surface area contributed by atoms with Crippen molar-refractivity contribution in [2.24, 2.45) is 0 Å². The quantitative estimate of drug-likeness (QED) is 0.708. The Balaban J connectivity index is 1.48. The van der Waals surface area contributed by atoms with Crippen molar-refractivity contribution in [1.82, 2.24) is 9.88 Å². The number of hydrogen-bond acceptors (Lipinski definition) is 2. The van der Waals surface area contributed by atoms with E-state index in [-0.39, 0.29) is 11.6 Å². The number of nitrogens with one attached hydrogen (secondary N) is 1. The first kappa shape index (κ1) is 17.9. The largest absolute Gasteiger partial charge is 0.387 e. The van der Waals surface area contributed by atoms with Gasteiger partial charge >= 0.3 is 0 Å². The first-order valence-electron chi connectivity index (χ1n) is 9.14. The molecule has 1 aliphatic rings. The third-order valence-electron chi connectivity index (χ3n) is 5.27. The first-order chi connectivity index (χ1) is 13.0. The molecule has 1 atom stereocenters. The number of aliphatic hydroxyl groups is 1. The minimum Gasteiger partial charge on any atom is -0.387 e. The number of aromatic nitrogens is 1. The molecule has 3 aromatic rings. The Morgan fingerprint density at radius 3 is 2.56 bits per heavy atom. The van der Waals surface area contributed by atoms with E-state index in [9.17, 15) is 13.9 Å². The number of halogens is 2. The van der Waals surface area contributed by atoms with Crippen LogP contribution in [0, 0.1) is 18.6 Å². The van der Waals surface area contributed by atoms with Gasteiger partial charge in [-0.05, 0) is 54.8 Å². The van der Waals surface area contributed by atoms with Crippen molar-refractivity contribution in [3.63, 3.8) is 0 Å². The monoisotopic (exact) mass is 368 g/mol. The minimum absolute atomic E-state index is 0.231. The zero-order chi connectivity index (χ0) is 19.0. The van der Waals surface area contributed by atoms with E-state index in [4.69, 9.17) is 0 Å².